The molecular formula is C40H46ClN7O6. The van der Waals surface area contributed by atoms with Gasteiger partial charge in [0.05, 0.1) is 36.2 Å². The Morgan fingerprint density at radius 1 is 1.09 bits per heavy atom. The normalized spacial score (nSPS) is 17.3. The van der Waals surface area contributed by atoms with Crippen LogP contribution >= 0.6 is 11.6 Å². The van der Waals surface area contributed by atoms with E-state index in [1.807, 2.05) is 43.3 Å². The van der Waals surface area contributed by atoms with Crippen LogP contribution in [0.5, 0.6) is 5.88 Å². The number of nitrogens with one attached hydrogen (secondary N) is 2. The van der Waals surface area contributed by atoms with E-state index in [0.29, 0.717) is 65.0 Å². The zero-order chi connectivity index (χ0) is 38.6. The van der Waals surface area contributed by atoms with Gasteiger partial charge in [-0.25, -0.2) is 9.78 Å². The molecule has 3 aromatic heterocycles. The predicted molar refractivity (Wildman–Crippen MR) is 205 cm³/mol. The standard InChI is InChI=1S/C40H46ClN7O6/c1-24-29(7-6-8-31(24)45-37(51)33-12-9-25(19-43-33)20-47-18-16-28(49)23-47)36-35(41)30(15-17-42-36)32-13-10-26(38(46-32)53-5)21-48(39(52)54-40(2,3)4)22-27-11-14-34(50)44-27/h6-10,12-13,15,17,19,27-28,49H,11,14,16,18,20-23H2,1-5H3,(H,44,50)(H,45,51)/t27-,28+/m0/s1. The lowest BCUT2D eigenvalue weighted by Crippen LogP contribution is -2.43. The number of aliphatic hydroxyl groups excluding tert-OH is 1. The topological polar surface area (TPSA) is 159 Å². The molecule has 2 aliphatic heterocycles. The van der Waals surface area contributed by atoms with Gasteiger partial charge in [0, 0.05) is 73.4 Å². The molecule has 2 saturated heterocycles. The number of carbonyl (C=O) groups is 3. The lowest BCUT2D eigenvalue weighted by Gasteiger charge is -2.29. The van der Waals surface area contributed by atoms with Crippen LogP contribution in [0.3, 0.4) is 0 Å². The highest BCUT2D eigenvalue weighted by Gasteiger charge is 2.29. The molecule has 2 aliphatic rings. The van der Waals surface area contributed by atoms with Crippen molar-refractivity contribution in [1.29, 1.82) is 0 Å². The summed E-state index contributed by atoms with van der Waals surface area (Å²) >= 11 is 7.06. The van der Waals surface area contributed by atoms with Crippen molar-refractivity contribution in [2.75, 3.05) is 32.1 Å². The second-order valence-corrected chi connectivity index (χ2v) is 15.1. The van der Waals surface area contributed by atoms with E-state index in [-0.39, 0.29) is 42.7 Å². The van der Waals surface area contributed by atoms with Gasteiger partial charge in [0.25, 0.3) is 5.91 Å². The number of carbonyl (C=O) groups excluding carboxylic acids is 3. The molecule has 5 heterocycles. The number of hydrogen-bond donors (Lipinski definition) is 3. The lowest BCUT2D eigenvalue weighted by molar-refractivity contribution is -0.119. The number of ether oxygens (including phenoxy) is 2. The zero-order valence-corrected chi connectivity index (χ0v) is 31.9. The van der Waals surface area contributed by atoms with Crippen molar-refractivity contribution in [3.05, 3.63) is 88.3 Å². The number of rotatable bonds is 11. The van der Waals surface area contributed by atoms with Crippen LogP contribution in [0, 0.1) is 6.92 Å². The molecule has 2 atom stereocenters. The number of β-amino-alcohol motifs (C(OH)–C–C–N with tert-alkyl or cyclic N) is 1. The molecule has 14 heteroatoms. The van der Waals surface area contributed by atoms with Crippen molar-refractivity contribution >= 4 is 35.2 Å². The highest BCUT2D eigenvalue weighted by Crippen LogP contribution is 2.38. The number of nitrogens with zero attached hydrogens (tertiary/aromatic N) is 5. The first-order chi connectivity index (χ1) is 25.8. The Kier molecular flexibility index (Phi) is 11.8. The summed E-state index contributed by atoms with van der Waals surface area (Å²) in [5.41, 5.74) is 4.95. The number of likely N-dealkylation sites (tertiary alicyclic amines) is 1. The van der Waals surface area contributed by atoms with Gasteiger partial charge in [-0.1, -0.05) is 29.8 Å². The summed E-state index contributed by atoms with van der Waals surface area (Å²) < 4.78 is 11.4. The maximum atomic E-state index is 13.3. The summed E-state index contributed by atoms with van der Waals surface area (Å²) in [6.07, 6.45) is 4.35. The second-order valence-electron chi connectivity index (χ2n) is 14.7. The van der Waals surface area contributed by atoms with Gasteiger partial charge in [-0.3, -0.25) is 24.5 Å². The Labute approximate surface area is 320 Å². The smallest absolute Gasteiger partial charge is 0.410 e. The molecule has 54 heavy (non-hydrogen) atoms. The van der Waals surface area contributed by atoms with E-state index in [4.69, 9.17) is 26.1 Å². The molecule has 284 valence electrons. The number of hydrogen-bond acceptors (Lipinski definition) is 10. The molecule has 13 nitrogen and oxygen atoms in total. The van der Waals surface area contributed by atoms with E-state index in [2.05, 4.69) is 25.5 Å². The van der Waals surface area contributed by atoms with Crippen LogP contribution in [0.25, 0.3) is 22.5 Å². The maximum absolute atomic E-state index is 13.3. The molecular weight excluding hydrogens is 710 g/mol. The Bertz CT molecular complexity index is 2020. The van der Waals surface area contributed by atoms with Crippen molar-refractivity contribution in [3.8, 4) is 28.4 Å². The summed E-state index contributed by atoms with van der Waals surface area (Å²) in [6, 6.07) is 14.3. The molecule has 6 rings (SSSR count). The van der Waals surface area contributed by atoms with E-state index >= 15 is 0 Å². The third-order valence-electron chi connectivity index (χ3n) is 9.38. The van der Waals surface area contributed by atoms with Crippen molar-refractivity contribution < 1.29 is 29.0 Å². The number of benzene rings is 1. The minimum absolute atomic E-state index is 0.0390. The Hall–Kier alpha value is -5.11. The Morgan fingerprint density at radius 3 is 2.57 bits per heavy atom. The molecule has 3 amide bonds. The summed E-state index contributed by atoms with van der Waals surface area (Å²) in [5, 5.41) is 16.1. The van der Waals surface area contributed by atoms with Gasteiger partial charge in [-0.15, -0.1) is 0 Å². The average molecular weight is 756 g/mol. The Morgan fingerprint density at radius 2 is 1.91 bits per heavy atom. The molecule has 0 saturated carbocycles. The number of pyridine rings is 3. The molecule has 3 N–H and O–H groups in total. The molecule has 2 fully saturated rings. The molecule has 0 radical (unpaired) electrons. The third kappa shape index (κ3) is 9.33. The van der Waals surface area contributed by atoms with Crippen LogP contribution in [0.15, 0.2) is 60.9 Å². The quantitative estimate of drug-likeness (QED) is 0.166. The van der Waals surface area contributed by atoms with Gasteiger partial charge in [-0.05, 0) is 82.0 Å². The van der Waals surface area contributed by atoms with E-state index < -0.39 is 11.7 Å². The first kappa shape index (κ1) is 38.6. The van der Waals surface area contributed by atoms with Crippen molar-refractivity contribution in [2.24, 2.45) is 0 Å². The number of aromatic nitrogens is 3. The molecule has 1 aromatic carbocycles. The highest BCUT2D eigenvalue weighted by molar-refractivity contribution is 6.35. The number of amides is 3. The molecule has 0 aliphatic carbocycles. The van der Waals surface area contributed by atoms with E-state index in [1.165, 1.54) is 7.11 Å². The minimum atomic E-state index is -0.705. The van der Waals surface area contributed by atoms with Crippen LogP contribution in [0.4, 0.5) is 10.5 Å². The van der Waals surface area contributed by atoms with Gasteiger partial charge in [0.1, 0.15) is 11.3 Å². The largest absolute Gasteiger partial charge is 0.481 e. The van der Waals surface area contributed by atoms with Gasteiger partial charge in [0.2, 0.25) is 11.8 Å². The SMILES string of the molecule is COc1nc(-c2ccnc(-c3cccc(NC(=O)c4ccc(CN5CC[C@@H](O)C5)cn4)c3C)c2Cl)ccc1CN(C[C@@H]1CCC(=O)N1)C(=O)OC(C)(C)C. The number of halogens is 1. The second kappa shape index (κ2) is 16.5. The summed E-state index contributed by atoms with van der Waals surface area (Å²) in [6.45, 7) is 9.86. The summed E-state index contributed by atoms with van der Waals surface area (Å²) in [5.74, 6) is -0.0768. The minimum Gasteiger partial charge on any atom is -0.481 e. The van der Waals surface area contributed by atoms with Crippen LogP contribution in [-0.2, 0) is 22.6 Å². The van der Waals surface area contributed by atoms with Crippen LogP contribution in [0.1, 0.15) is 67.2 Å². The number of anilines is 1. The third-order valence-corrected chi connectivity index (χ3v) is 9.77. The number of methoxy groups -OCH3 is 1. The first-order valence-corrected chi connectivity index (χ1v) is 18.4. The Balaban J connectivity index is 1.20. The molecule has 0 spiro atoms. The molecule has 0 bridgehead atoms. The summed E-state index contributed by atoms with van der Waals surface area (Å²) in [4.78, 5) is 55.9. The van der Waals surface area contributed by atoms with Crippen molar-refractivity contribution in [3.63, 3.8) is 0 Å². The predicted octanol–water partition coefficient (Wildman–Crippen LogP) is 6.01. The fraction of sp³-hybridized carbons (Fsp3) is 0.400. The summed E-state index contributed by atoms with van der Waals surface area (Å²) in [7, 11) is 1.51. The fourth-order valence-electron chi connectivity index (χ4n) is 6.64. The first-order valence-electron chi connectivity index (χ1n) is 18.0. The number of aliphatic hydroxyl groups is 1. The van der Waals surface area contributed by atoms with Gasteiger partial charge in [0.15, 0.2) is 0 Å². The van der Waals surface area contributed by atoms with Gasteiger partial charge in [-0.2, -0.15) is 0 Å². The maximum Gasteiger partial charge on any atom is 0.410 e. The zero-order valence-electron chi connectivity index (χ0n) is 31.2. The average Bonchev–Trinajstić information content (AvgIpc) is 3.75. The van der Waals surface area contributed by atoms with Crippen molar-refractivity contribution in [2.45, 2.75) is 77.8 Å². The van der Waals surface area contributed by atoms with Crippen LogP contribution in [0.2, 0.25) is 5.02 Å². The monoisotopic (exact) mass is 755 g/mol. The van der Waals surface area contributed by atoms with Gasteiger partial charge < -0.3 is 30.1 Å². The molecule has 0 unspecified atom stereocenters. The van der Waals surface area contributed by atoms with Crippen LogP contribution in [-0.4, -0.2) is 92.3 Å². The van der Waals surface area contributed by atoms with Gasteiger partial charge >= 0.3 is 6.09 Å². The lowest BCUT2D eigenvalue weighted by atomic mass is 10.0. The van der Waals surface area contributed by atoms with E-state index in [0.717, 1.165) is 29.7 Å². The van der Waals surface area contributed by atoms with Crippen LogP contribution < -0.4 is 15.4 Å². The van der Waals surface area contributed by atoms with E-state index in [9.17, 15) is 19.5 Å². The van der Waals surface area contributed by atoms with E-state index in [1.54, 1.807) is 50.2 Å². The molecule has 4 aromatic rings. The van der Waals surface area contributed by atoms with Crippen molar-refractivity contribution in [1.82, 2.24) is 30.1 Å². The fourth-order valence-corrected chi connectivity index (χ4v) is 6.95. The highest BCUT2D eigenvalue weighted by atomic mass is 35.5.